The molecule has 0 radical (unpaired) electrons. The SMILES string of the molecule is CCCC(=O)Nc1ccc2c(c1)OC[C@@H](C)N(CCc1ccccc1)C[C@H](C)[C@H](OC)CN(C)C2=O. The number of carbonyl (C=O) groups is 2. The van der Waals surface area contributed by atoms with E-state index in [1.54, 1.807) is 37.3 Å². The van der Waals surface area contributed by atoms with Crippen LogP contribution < -0.4 is 10.1 Å². The van der Waals surface area contributed by atoms with Crippen LogP contribution in [0.25, 0.3) is 0 Å². The molecule has 3 atom stereocenters. The molecule has 0 saturated carbocycles. The van der Waals surface area contributed by atoms with Crippen molar-refractivity contribution >= 4 is 17.5 Å². The van der Waals surface area contributed by atoms with Gasteiger partial charge in [-0.15, -0.1) is 0 Å². The van der Waals surface area contributed by atoms with Crippen molar-refractivity contribution < 1.29 is 19.1 Å². The fourth-order valence-corrected chi connectivity index (χ4v) is 4.60. The summed E-state index contributed by atoms with van der Waals surface area (Å²) in [7, 11) is 3.51. The van der Waals surface area contributed by atoms with Gasteiger partial charge in [-0.1, -0.05) is 44.2 Å². The van der Waals surface area contributed by atoms with Gasteiger partial charge in [-0.25, -0.2) is 0 Å². The molecular weight excluding hydrogens is 454 g/mol. The van der Waals surface area contributed by atoms with Gasteiger partial charge in [0.15, 0.2) is 0 Å². The maximum absolute atomic E-state index is 13.4. The van der Waals surface area contributed by atoms with Crippen molar-refractivity contribution in [1.29, 1.82) is 0 Å². The summed E-state index contributed by atoms with van der Waals surface area (Å²) in [6.45, 7) is 8.93. The number of methoxy groups -OCH3 is 1. The van der Waals surface area contributed by atoms with E-state index in [0.717, 1.165) is 25.9 Å². The number of carbonyl (C=O) groups excluding carboxylic acids is 2. The van der Waals surface area contributed by atoms with Crippen molar-refractivity contribution in [2.24, 2.45) is 5.92 Å². The van der Waals surface area contributed by atoms with Crippen LogP contribution in [0.2, 0.25) is 0 Å². The zero-order chi connectivity index (χ0) is 26.1. The molecule has 1 aliphatic heterocycles. The molecule has 1 N–H and O–H groups in total. The molecule has 2 amide bonds. The molecule has 7 heteroatoms. The second kappa shape index (κ2) is 13.4. The van der Waals surface area contributed by atoms with Crippen LogP contribution in [0.5, 0.6) is 5.75 Å². The minimum atomic E-state index is -0.125. The third kappa shape index (κ3) is 7.55. The Hall–Kier alpha value is -2.90. The highest BCUT2D eigenvalue weighted by atomic mass is 16.5. The number of amides is 2. The van der Waals surface area contributed by atoms with E-state index in [9.17, 15) is 9.59 Å². The molecule has 0 unspecified atom stereocenters. The van der Waals surface area contributed by atoms with Crippen LogP contribution in [0.4, 0.5) is 5.69 Å². The van der Waals surface area contributed by atoms with Crippen molar-refractivity contribution in [2.45, 2.75) is 52.2 Å². The third-order valence-electron chi connectivity index (χ3n) is 6.87. The highest BCUT2D eigenvalue weighted by molar-refractivity contribution is 5.98. The van der Waals surface area contributed by atoms with Gasteiger partial charge in [-0.3, -0.25) is 14.5 Å². The number of anilines is 1. The van der Waals surface area contributed by atoms with E-state index in [-0.39, 0.29) is 29.9 Å². The highest BCUT2D eigenvalue weighted by Crippen LogP contribution is 2.27. The first-order valence-electron chi connectivity index (χ1n) is 12.9. The van der Waals surface area contributed by atoms with Gasteiger partial charge in [0, 0.05) is 58.0 Å². The van der Waals surface area contributed by atoms with Gasteiger partial charge < -0.3 is 19.7 Å². The van der Waals surface area contributed by atoms with Crippen LogP contribution in [0.15, 0.2) is 48.5 Å². The maximum atomic E-state index is 13.4. The van der Waals surface area contributed by atoms with E-state index >= 15 is 0 Å². The molecule has 7 nitrogen and oxygen atoms in total. The minimum Gasteiger partial charge on any atom is -0.491 e. The summed E-state index contributed by atoms with van der Waals surface area (Å²) in [5, 5.41) is 2.91. The van der Waals surface area contributed by atoms with Gasteiger partial charge in [-0.2, -0.15) is 0 Å². The number of likely N-dealkylation sites (N-methyl/N-ethyl adjacent to an activating group) is 1. The average Bonchev–Trinajstić information content (AvgIpc) is 2.87. The van der Waals surface area contributed by atoms with Crippen molar-refractivity contribution in [3.05, 3.63) is 59.7 Å². The maximum Gasteiger partial charge on any atom is 0.257 e. The number of hydrogen-bond donors (Lipinski definition) is 1. The van der Waals surface area contributed by atoms with Gasteiger partial charge in [0.2, 0.25) is 5.91 Å². The standard InChI is InChI=1S/C29H41N3O4/c1-6-10-28(33)30-24-13-14-25-26(17-24)36-20-22(3)32(16-15-23-11-8-7-9-12-23)18-21(2)27(35-5)19-31(4)29(25)34/h7-9,11-14,17,21-22,27H,6,10,15-16,18-20H2,1-5H3,(H,30,33)/t21-,22+,27+/m0/s1. The second-order valence-electron chi connectivity index (χ2n) is 9.84. The van der Waals surface area contributed by atoms with E-state index in [1.165, 1.54) is 5.56 Å². The minimum absolute atomic E-state index is 0.0496. The summed E-state index contributed by atoms with van der Waals surface area (Å²) in [5.74, 6) is 0.531. The number of hydrogen-bond acceptors (Lipinski definition) is 5. The molecule has 36 heavy (non-hydrogen) atoms. The largest absolute Gasteiger partial charge is 0.491 e. The topological polar surface area (TPSA) is 71.1 Å². The number of nitrogens with one attached hydrogen (secondary N) is 1. The van der Waals surface area contributed by atoms with Crippen LogP contribution in [0.3, 0.4) is 0 Å². The van der Waals surface area contributed by atoms with Crippen LogP contribution in [0, 0.1) is 5.92 Å². The lowest BCUT2D eigenvalue weighted by Gasteiger charge is -2.36. The Bertz CT molecular complexity index is 997. The van der Waals surface area contributed by atoms with E-state index in [1.807, 2.05) is 13.0 Å². The van der Waals surface area contributed by atoms with E-state index < -0.39 is 0 Å². The molecule has 2 aromatic rings. The van der Waals surface area contributed by atoms with Crippen molar-refractivity contribution in [3.8, 4) is 5.75 Å². The third-order valence-corrected chi connectivity index (χ3v) is 6.87. The lowest BCUT2D eigenvalue weighted by atomic mass is 10.0. The summed E-state index contributed by atoms with van der Waals surface area (Å²) in [5.41, 5.74) is 2.42. The molecule has 0 aromatic heterocycles. The summed E-state index contributed by atoms with van der Waals surface area (Å²) in [6.07, 6.45) is 2.06. The smallest absolute Gasteiger partial charge is 0.257 e. The first-order valence-corrected chi connectivity index (χ1v) is 12.9. The zero-order valence-corrected chi connectivity index (χ0v) is 22.3. The molecule has 196 valence electrons. The molecule has 0 fully saturated rings. The van der Waals surface area contributed by atoms with Crippen LogP contribution in [-0.4, -0.2) is 74.2 Å². The first kappa shape index (κ1) is 27.7. The molecule has 2 aromatic carbocycles. The molecule has 1 aliphatic rings. The highest BCUT2D eigenvalue weighted by Gasteiger charge is 2.28. The summed E-state index contributed by atoms with van der Waals surface area (Å²) in [4.78, 5) is 29.6. The van der Waals surface area contributed by atoms with Crippen LogP contribution >= 0.6 is 0 Å². The summed E-state index contributed by atoms with van der Waals surface area (Å²) < 4.78 is 12.1. The van der Waals surface area contributed by atoms with Crippen molar-refractivity contribution in [2.75, 3.05) is 45.7 Å². The van der Waals surface area contributed by atoms with E-state index in [0.29, 0.717) is 36.6 Å². The van der Waals surface area contributed by atoms with Gasteiger partial charge in [-0.05, 0) is 43.4 Å². The Morgan fingerprint density at radius 1 is 1.14 bits per heavy atom. The number of benzene rings is 2. The quantitative estimate of drug-likeness (QED) is 0.614. The van der Waals surface area contributed by atoms with Crippen LogP contribution in [-0.2, 0) is 16.0 Å². The predicted octanol–water partition coefficient (Wildman–Crippen LogP) is 4.47. The molecule has 0 saturated heterocycles. The van der Waals surface area contributed by atoms with Gasteiger partial charge in [0.05, 0.1) is 11.7 Å². The molecule has 1 heterocycles. The fraction of sp³-hybridized carbons (Fsp3) is 0.517. The molecule has 0 aliphatic carbocycles. The molecule has 0 spiro atoms. The summed E-state index contributed by atoms with van der Waals surface area (Å²) >= 11 is 0. The molecular formula is C29H41N3O4. The number of fused-ring (bicyclic) bond motifs is 1. The number of rotatable bonds is 7. The monoisotopic (exact) mass is 495 g/mol. The fourth-order valence-electron chi connectivity index (χ4n) is 4.60. The Morgan fingerprint density at radius 3 is 2.58 bits per heavy atom. The first-order chi connectivity index (χ1) is 17.3. The Morgan fingerprint density at radius 2 is 1.89 bits per heavy atom. The molecule has 0 bridgehead atoms. The van der Waals surface area contributed by atoms with E-state index in [4.69, 9.17) is 9.47 Å². The van der Waals surface area contributed by atoms with Gasteiger partial charge in [0.1, 0.15) is 12.4 Å². The predicted molar refractivity (Wildman–Crippen MR) is 144 cm³/mol. The Balaban J connectivity index is 1.87. The second-order valence-corrected chi connectivity index (χ2v) is 9.84. The van der Waals surface area contributed by atoms with Crippen LogP contribution in [0.1, 0.15) is 49.5 Å². The number of nitrogens with zero attached hydrogens (tertiary/aromatic N) is 2. The lowest BCUT2D eigenvalue weighted by molar-refractivity contribution is -0.116. The average molecular weight is 496 g/mol. The Labute approximate surface area is 215 Å². The lowest BCUT2D eigenvalue weighted by Crippen LogP contribution is -2.47. The van der Waals surface area contributed by atoms with E-state index in [2.05, 4.69) is 48.3 Å². The summed E-state index contributed by atoms with van der Waals surface area (Å²) in [6, 6.07) is 15.9. The Kier molecular flexibility index (Phi) is 10.3. The van der Waals surface area contributed by atoms with Gasteiger partial charge >= 0.3 is 0 Å². The van der Waals surface area contributed by atoms with Crippen molar-refractivity contribution in [3.63, 3.8) is 0 Å². The molecule has 3 rings (SSSR count). The zero-order valence-electron chi connectivity index (χ0n) is 22.3. The van der Waals surface area contributed by atoms with Crippen molar-refractivity contribution in [1.82, 2.24) is 9.80 Å². The number of ether oxygens (including phenoxy) is 2. The van der Waals surface area contributed by atoms with Gasteiger partial charge in [0.25, 0.3) is 5.91 Å². The normalized spacial score (nSPS) is 21.6.